The molecule has 0 saturated heterocycles. The van der Waals surface area contributed by atoms with Gasteiger partial charge in [0.25, 0.3) is 0 Å². The predicted molar refractivity (Wildman–Crippen MR) is 136 cm³/mol. The number of hydrogen-bond donors (Lipinski definition) is 1. The zero-order chi connectivity index (χ0) is 26.7. The van der Waals surface area contributed by atoms with Crippen LogP contribution in [0.5, 0.6) is 0 Å². The molecule has 3 aromatic carbocycles. The zero-order valence-corrected chi connectivity index (χ0v) is 20.7. The SMILES string of the molecule is Cc1ccc(C)c2c1nc(C(F)(F)F)n2CC(=O)N[C@@H](Cc1ccccc1)C(=O)N(C)c1ccccc1. The van der Waals surface area contributed by atoms with Crippen molar-refractivity contribution in [2.24, 2.45) is 0 Å². The Balaban J connectivity index is 1.66. The number of fused-ring (bicyclic) bond motifs is 1. The molecule has 6 nitrogen and oxygen atoms in total. The van der Waals surface area contributed by atoms with Gasteiger partial charge in [0.05, 0.1) is 11.0 Å². The normalized spacial score (nSPS) is 12.4. The molecular formula is C28H27F3N4O2. The van der Waals surface area contributed by atoms with Crippen molar-refractivity contribution >= 4 is 28.5 Å². The van der Waals surface area contributed by atoms with E-state index in [1.165, 1.54) is 4.90 Å². The number of carbonyl (C=O) groups is 2. The van der Waals surface area contributed by atoms with Crippen LogP contribution >= 0.6 is 0 Å². The molecule has 192 valence electrons. The van der Waals surface area contributed by atoms with Crippen LogP contribution in [-0.2, 0) is 28.7 Å². The number of carbonyl (C=O) groups excluding carboxylic acids is 2. The van der Waals surface area contributed by atoms with E-state index in [4.69, 9.17) is 0 Å². The number of halogens is 3. The van der Waals surface area contributed by atoms with Gasteiger partial charge in [0.1, 0.15) is 12.6 Å². The molecule has 37 heavy (non-hydrogen) atoms. The summed E-state index contributed by atoms with van der Waals surface area (Å²) in [7, 11) is 1.60. The zero-order valence-electron chi connectivity index (χ0n) is 20.7. The number of hydrogen-bond acceptors (Lipinski definition) is 3. The Morgan fingerprint density at radius 3 is 2.16 bits per heavy atom. The topological polar surface area (TPSA) is 67.2 Å². The second-order valence-electron chi connectivity index (χ2n) is 8.96. The van der Waals surface area contributed by atoms with E-state index in [9.17, 15) is 22.8 Å². The maximum Gasteiger partial charge on any atom is 0.449 e. The van der Waals surface area contributed by atoms with E-state index < -0.39 is 30.5 Å². The standard InChI is InChI=1S/C28H27F3N4O2/c1-18-14-15-19(2)25-24(18)33-27(28(29,30)31)35(25)17-23(36)32-22(16-20-10-6-4-7-11-20)26(37)34(3)21-12-8-5-9-13-21/h4-15,22H,16-17H2,1-3H3,(H,32,36)/t22-/m0/s1. The van der Waals surface area contributed by atoms with Crippen LogP contribution in [0, 0.1) is 13.8 Å². The van der Waals surface area contributed by atoms with Crippen molar-refractivity contribution in [3.63, 3.8) is 0 Å². The predicted octanol–water partition coefficient (Wildman–Crippen LogP) is 5.06. The molecule has 0 aliphatic carbocycles. The van der Waals surface area contributed by atoms with Gasteiger partial charge in [-0.05, 0) is 42.7 Å². The lowest BCUT2D eigenvalue weighted by Crippen LogP contribution is -2.49. The summed E-state index contributed by atoms with van der Waals surface area (Å²) >= 11 is 0. The summed E-state index contributed by atoms with van der Waals surface area (Å²) in [4.78, 5) is 31.9. The highest BCUT2D eigenvalue weighted by Crippen LogP contribution is 2.33. The van der Waals surface area contributed by atoms with Crippen LogP contribution in [0.1, 0.15) is 22.5 Å². The quantitative estimate of drug-likeness (QED) is 0.379. The Morgan fingerprint density at radius 2 is 1.54 bits per heavy atom. The van der Waals surface area contributed by atoms with Gasteiger partial charge in [0.15, 0.2) is 0 Å². The van der Waals surface area contributed by atoms with Gasteiger partial charge in [-0.25, -0.2) is 4.98 Å². The van der Waals surface area contributed by atoms with E-state index in [1.54, 1.807) is 57.3 Å². The summed E-state index contributed by atoms with van der Waals surface area (Å²) in [5.41, 5.74) is 3.02. The molecular weight excluding hydrogens is 481 g/mol. The van der Waals surface area contributed by atoms with Crippen LogP contribution < -0.4 is 10.2 Å². The fourth-order valence-electron chi connectivity index (χ4n) is 4.35. The minimum atomic E-state index is -4.76. The minimum absolute atomic E-state index is 0.178. The third-order valence-electron chi connectivity index (χ3n) is 6.24. The maximum atomic E-state index is 13.9. The van der Waals surface area contributed by atoms with E-state index in [0.29, 0.717) is 16.8 Å². The molecule has 4 aromatic rings. The summed E-state index contributed by atoms with van der Waals surface area (Å²) in [6, 6.07) is 20.4. The number of alkyl halides is 3. The van der Waals surface area contributed by atoms with Gasteiger partial charge in [-0.2, -0.15) is 13.2 Å². The molecule has 1 aromatic heterocycles. The van der Waals surface area contributed by atoms with Gasteiger partial charge in [0.2, 0.25) is 17.6 Å². The van der Waals surface area contributed by atoms with Crippen molar-refractivity contribution in [2.75, 3.05) is 11.9 Å². The minimum Gasteiger partial charge on any atom is -0.342 e. The van der Waals surface area contributed by atoms with Gasteiger partial charge in [0, 0.05) is 19.2 Å². The number of nitrogens with zero attached hydrogens (tertiary/aromatic N) is 3. The van der Waals surface area contributed by atoms with Crippen molar-refractivity contribution < 1.29 is 22.8 Å². The smallest absolute Gasteiger partial charge is 0.342 e. The number of nitrogens with one attached hydrogen (secondary N) is 1. The van der Waals surface area contributed by atoms with Gasteiger partial charge in [-0.3, -0.25) is 9.59 Å². The van der Waals surface area contributed by atoms with E-state index in [2.05, 4.69) is 10.3 Å². The summed E-state index contributed by atoms with van der Waals surface area (Å²) in [6.45, 7) is 2.71. The number of aryl methyl sites for hydroxylation is 2. The molecule has 4 rings (SSSR count). The average Bonchev–Trinajstić information content (AvgIpc) is 3.27. The van der Waals surface area contributed by atoms with Crippen molar-refractivity contribution in [3.8, 4) is 0 Å². The highest BCUT2D eigenvalue weighted by atomic mass is 19.4. The lowest BCUT2D eigenvalue weighted by atomic mass is 10.0. The van der Waals surface area contributed by atoms with Crippen LogP contribution in [0.2, 0.25) is 0 Å². The number of benzene rings is 3. The second kappa shape index (κ2) is 10.5. The number of aromatic nitrogens is 2. The van der Waals surface area contributed by atoms with Crippen LogP contribution in [0.3, 0.4) is 0 Å². The highest BCUT2D eigenvalue weighted by molar-refractivity contribution is 5.99. The lowest BCUT2D eigenvalue weighted by Gasteiger charge is -2.25. The Labute approximate surface area is 212 Å². The van der Waals surface area contributed by atoms with Crippen LogP contribution in [0.15, 0.2) is 72.8 Å². The molecule has 2 amide bonds. The monoisotopic (exact) mass is 508 g/mol. The van der Waals surface area contributed by atoms with E-state index in [1.807, 2.05) is 36.4 Å². The molecule has 1 heterocycles. The molecule has 0 unspecified atom stereocenters. The van der Waals surface area contributed by atoms with Crippen LogP contribution in [0.4, 0.5) is 18.9 Å². The molecule has 1 atom stereocenters. The molecule has 0 radical (unpaired) electrons. The molecule has 1 N–H and O–H groups in total. The first-order valence-electron chi connectivity index (χ1n) is 11.8. The Bertz CT molecular complexity index is 1420. The summed E-state index contributed by atoms with van der Waals surface area (Å²) in [6.07, 6.45) is -4.58. The number of para-hydroxylation sites is 1. The molecule has 0 aliphatic rings. The Kier molecular flexibility index (Phi) is 7.33. The first-order valence-corrected chi connectivity index (χ1v) is 11.8. The van der Waals surface area contributed by atoms with Crippen molar-refractivity contribution in [3.05, 3.63) is 95.3 Å². The molecule has 0 fully saturated rings. The average molecular weight is 509 g/mol. The summed E-state index contributed by atoms with van der Waals surface area (Å²) in [5, 5.41) is 2.69. The number of rotatable bonds is 7. The van der Waals surface area contributed by atoms with Crippen molar-refractivity contribution in [1.29, 1.82) is 0 Å². The third kappa shape index (κ3) is 5.66. The van der Waals surface area contributed by atoms with Gasteiger partial charge >= 0.3 is 6.18 Å². The molecule has 0 bridgehead atoms. The van der Waals surface area contributed by atoms with E-state index in [-0.39, 0.29) is 23.4 Å². The molecule has 0 saturated carbocycles. The molecule has 9 heteroatoms. The first-order chi connectivity index (χ1) is 17.6. The third-order valence-corrected chi connectivity index (χ3v) is 6.24. The number of amides is 2. The van der Waals surface area contributed by atoms with Crippen molar-refractivity contribution in [1.82, 2.24) is 14.9 Å². The first kappa shape index (κ1) is 25.9. The van der Waals surface area contributed by atoms with Gasteiger partial charge < -0.3 is 14.8 Å². The fourth-order valence-corrected chi connectivity index (χ4v) is 4.35. The summed E-state index contributed by atoms with van der Waals surface area (Å²) < 4.78 is 42.6. The van der Waals surface area contributed by atoms with Crippen molar-refractivity contribution in [2.45, 2.75) is 39.0 Å². The van der Waals surface area contributed by atoms with Gasteiger partial charge in [-0.15, -0.1) is 0 Å². The van der Waals surface area contributed by atoms with Gasteiger partial charge in [-0.1, -0.05) is 60.7 Å². The Morgan fingerprint density at radius 1 is 0.946 bits per heavy atom. The van der Waals surface area contributed by atoms with Crippen LogP contribution in [-0.4, -0.2) is 34.5 Å². The van der Waals surface area contributed by atoms with Crippen LogP contribution in [0.25, 0.3) is 11.0 Å². The number of anilines is 1. The second-order valence-corrected chi connectivity index (χ2v) is 8.96. The number of likely N-dealkylation sites (N-methyl/N-ethyl adjacent to an activating group) is 1. The number of imidazole rings is 1. The van der Waals surface area contributed by atoms with E-state index >= 15 is 0 Å². The molecule has 0 aliphatic heterocycles. The largest absolute Gasteiger partial charge is 0.449 e. The maximum absolute atomic E-state index is 13.9. The Hall–Kier alpha value is -4.14. The lowest BCUT2D eigenvalue weighted by molar-refractivity contribution is -0.147. The fraction of sp³-hybridized carbons (Fsp3) is 0.250. The summed E-state index contributed by atoms with van der Waals surface area (Å²) in [5.74, 6) is -2.26. The highest BCUT2D eigenvalue weighted by Gasteiger charge is 2.39. The van der Waals surface area contributed by atoms with E-state index in [0.717, 1.165) is 10.1 Å². The molecule has 0 spiro atoms.